The fourth-order valence-corrected chi connectivity index (χ4v) is 2.96. The van der Waals surface area contributed by atoms with E-state index >= 15 is 0 Å². The number of hydrogen-bond acceptors (Lipinski definition) is 4. The van der Waals surface area contributed by atoms with Gasteiger partial charge >= 0.3 is 0 Å². The predicted molar refractivity (Wildman–Crippen MR) is 89.8 cm³/mol. The lowest BCUT2D eigenvalue weighted by molar-refractivity contribution is 0.642. The van der Waals surface area contributed by atoms with Crippen LogP contribution in [0.4, 0.5) is 11.5 Å². The van der Waals surface area contributed by atoms with Crippen LogP contribution in [-0.2, 0) is 7.05 Å². The van der Waals surface area contributed by atoms with Gasteiger partial charge < -0.3 is 14.4 Å². The molecule has 0 N–H and O–H groups in total. The van der Waals surface area contributed by atoms with Crippen LogP contribution in [0.2, 0.25) is 0 Å². The highest BCUT2D eigenvalue weighted by molar-refractivity contribution is 5.55. The van der Waals surface area contributed by atoms with E-state index in [0.29, 0.717) is 0 Å². The van der Waals surface area contributed by atoms with Gasteiger partial charge in [0.25, 0.3) is 5.56 Å². The molecule has 1 aromatic carbocycles. The summed E-state index contributed by atoms with van der Waals surface area (Å²) in [5.41, 5.74) is 3.91. The first-order valence-corrected chi connectivity index (χ1v) is 7.64. The van der Waals surface area contributed by atoms with E-state index in [0.717, 1.165) is 32.0 Å². The Kier molecular flexibility index (Phi) is 3.88. The number of aromatic nitrogens is 2. The summed E-state index contributed by atoms with van der Waals surface area (Å²) in [6.45, 7) is 7.94. The van der Waals surface area contributed by atoms with Crippen LogP contribution in [0.25, 0.3) is 0 Å². The lowest BCUT2D eigenvalue weighted by Crippen LogP contribution is -2.47. The second kappa shape index (κ2) is 5.83. The highest BCUT2D eigenvalue weighted by atomic mass is 16.1. The topological polar surface area (TPSA) is 41.4 Å². The number of aryl methyl sites for hydroxylation is 3. The molecule has 1 saturated heterocycles. The van der Waals surface area contributed by atoms with Crippen molar-refractivity contribution in [1.29, 1.82) is 0 Å². The molecule has 0 amide bonds. The number of hydrogen-bond donors (Lipinski definition) is 0. The van der Waals surface area contributed by atoms with E-state index in [4.69, 9.17) is 0 Å². The Morgan fingerprint density at radius 1 is 1.00 bits per heavy atom. The smallest absolute Gasteiger partial charge is 0.255 e. The van der Waals surface area contributed by atoms with Crippen LogP contribution in [0, 0.1) is 13.8 Å². The largest absolute Gasteiger partial charge is 0.368 e. The van der Waals surface area contributed by atoms with Crippen LogP contribution in [0.1, 0.15) is 11.1 Å². The summed E-state index contributed by atoms with van der Waals surface area (Å²) in [6.07, 6.45) is 1.59. The lowest BCUT2D eigenvalue weighted by atomic mass is 10.1. The van der Waals surface area contributed by atoms with Crippen LogP contribution >= 0.6 is 0 Å². The first kappa shape index (κ1) is 14.6. The van der Waals surface area contributed by atoms with Crippen molar-refractivity contribution in [3.8, 4) is 0 Å². The molecule has 0 unspecified atom stereocenters. The molecule has 1 aromatic heterocycles. The van der Waals surface area contributed by atoms with Gasteiger partial charge in [-0.2, -0.15) is 0 Å². The Bertz CT molecular complexity index is 730. The SMILES string of the molecule is Cc1ccc(N2CCN(c3cc(=O)n(C)cn3)CC2)c(C)c1. The Balaban J connectivity index is 1.72. The summed E-state index contributed by atoms with van der Waals surface area (Å²) >= 11 is 0. The molecule has 0 aliphatic carbocycles. The highest BCUT2D eigenvalue weighted by Gasteiger charge is 2.19. The molecule has 0 radical (unpaired) electrons. The van der Waals surface area contributed by atoms with Gasteiger partial charge in [0.05, 0.1) is 6.33 Å². The monoisotopic (exact) mass is 298 g/mol. The third-order valence-electron chi connectivity index (χ3n) is 4.26. The molecule has 116 valence electrons. The van der Waals surface area contributed by atoms with Crippen molar-refractivity contribution in [2.24, 2.45) is 7.05 Å². The zero-order valence-corrected chi connectivity index (χ0v) is 13.4. The normalized spacial score (nSPS) is 15.2. The molecule has 3 rings (SSSR count). The van der Waals surface area contributed by atoms with Crippen LogP contribution < -0.4 is 15.4 Å². The van der Waals surface area contributed by atoms with Crippen LogP contribution in [0.15, 0.2) is 35.4 Å². The van der Waals surface area contributed by atoms with Gasteiger partial charge in [0.1, 0.15) is 5.82 Å². The molecule has 1 fully saturated rings. The molecule has 0 spiro atoms. The van der Waals surface area contributed by atoms with Gasteiger partial charge in [-0.15, -0.1) is 0 Å². The van der Waals surface area contributed by atoms with E-state index in [1.165, 1.54) is 21.4 Å². The average Bonchev–Trinajstić information content (AvgIpc) is 2.50. The van der Waals surface area contributed by atoms with Crippen molar-refractivity contribution in [3.05, 3.63) is 52.1 Å². The van der Waals surface area contributed by atoms with Crippen molar-refractivity contribution >= 4 is 11.5 Å². The van der Waals surface area contributed by atoms with Gasteiger partial charge in [-0.05, 0) is 25.5 Å². The maximum Gasteiger partial charge on any atom is 0.255 e. The van der Waals surface area contributed by atoms with Gasteiger partial charge in [0.2, 0.25) is 0 Å². The number of rotatable bonds is 2. The van der Waals surface area contributed by atoms with Crippen LogP contribution in [-0.4, -0.2) is 35.7 Å². The summed E-state index contributed by atoms with van der Waals surface area (Å²) in [5, 5.41) is 0. The third kappa shape index (κ3) is 2.84. The molecule has 22 heavy (non-hydrogen) atoms. The Hall–Kier alpha value is -2.30. The number of nitrogens with zero attached hydrogens (tertiary/aromatic N) is 4. The molecule has 0 bridgehead atoms. The van der Waals surface area contributed by atoms with Crippen molar-refractivity contribution < 1.29 is 0 Å². The minimum Gasteiger partial charge on any atom is -0.368 e. The minimum atomic E-state index is -0.0122. The molecule has 0 atom stereocenters. The molecule has 1 aliphatic rings. The quantitative estimate of drug-likeness (QED) is 0.846. The van der Waals surface area contributed by atoms with E-state index in [-0.39, 0.29) is 5.56 Å². The average molecular weight is 298 g/mol. The van der Waals surface area contributed by atoms with Crippen molar-refractivity contribution in [2.75, 3.05) is 36.0 Å². The summed E-state index contributed by atoms with van der Waals surface area (Å²) in [6, 6.07) is 8.21. The zero-order chi connectivity index (χ0) is 15.7. The molecule has 5 nitrogen and oxygen atoms in total. The molecule has 0 saturated carbocycles. The lowest BCUT2D eigenvalue weighted by Gasteiger charge is -2.37. The van der Waals surface area contributed by atoms with E-state index in [1.807, 2.05) is 0 Å². The van der Waals surface area contributed by atoms with Crippen LogP contribution in [0.3, 0.4) is 0 Å². The Morgan fingerprint density at radius 2 is 1.68 bits per heavy atom. The maximum atomic E-state index is 11.7. The fraction of sp³-hybridized carbons (Fsp3) is 0.412. The fourth-order valence-electron chi connectivity index (χ4n) is 2.96. The van der Waals surface area contributed by atoms with E-state index in [9.17, 15) is 4.79 Å². The van der Waals surface area contributed by atoms with E-state index < -0.39 is 0 Å². The third-order valence-corrected chi connectivity index (χ3v) is 4.26. The summed E-state index contributed by atoms with van der Waals surface area (Å²) in [7, 11) is 1.72. The summed E-state index contributed by atoms with van der Waals surface area (Å²) in [5.74, 6) is 0.781. The molecular weight excluding hydrogens is 276 g/mol. The van der Waals surface area contributed by atoms with Gasteiger partial charge in [-0.1, -0.05) is 17.7 Å². The Labute approximate surface area is 130 Å². The molecule has 1 aliphatic heterocycles. The Morgan fingerprint density at radius 3 is 2.32 bits per heavy atom. The summed E-state index contributed by atoms with van der Waals surface area (Å²) < 4.78 is 1.50. The number of benzene rings is 1. The van der Waals surface area contributed by atoms with Gasteiger partial charge in [-0.3, -0.25) is 4.79 Å². The molecule has 5 heteroatoms. The first-order valence-electron chi connectivity index (χ1n) is 7.64. The first-order chi connectivity index (χ1) is 10.5. The van der Waals surface area contributed by atoms with Crippen molar-refractivity contribution in [1.82, 2.24) is 9.55 Å². The van der Waals surface area contributed by atoms with Crippen LogP contribution in [0.5, 0.6) is 0 Å². The van der Waals surface area contributed by atoms with E-state index in [1.54, 1.807) is 19.4 Å². The predicted octanol–water partition coefficient (Wildman–Crippen LogP) is 1.72. The van der Waals surface area contributed by atoms with Gasteiger partial charge in [0.15, 0.2) is 0 Å². The highest BCUT2D eigenvalue weighted by Crippen LogP contribution is 2.23. The summed E-state index contributed by atoms with van der Waals surface area (Å²) in [4.78, 5) is 20.7. The van der Waals surface area contributed by atoms with E-state index in [2.05, 4.69) is 46.8 Å². The number of anilines is 2. The molecular formula is C17H22N4O. The van der Waals surface area contributed by atoms with Crippen molar-refractivity contribution in [2.45, 2.75) is 13.8 Å². The maximum absolute atomic E-state index is 11.7. The second-order valence-corrected chi connectivity index (χ2v) is 5.96. The molecule has 2 heterocycles. The minimum absolute atomic E-state index is 0.0122. The number of piperazine rings is 1. The van der Waals surface area contributed by atoms with Gasteiger partial charge in [-0.25, -0.2) is 4.98 Å². The standard InChI is InChI=1S/C17H22N4O/c1-13-4-5-15(14(2)10-13)20-6-8-21(9-7-20)16-11-17(22)19(3)12-18-16/h4-5,10-12H,6-9H2,1-3H3. The van der Waals surface area contributed by atoms with Gasteiger partial charge in [0, 0.05) is 45.0 Å². The second-order valence-electron chi connectivity index (χ2n) is 5.96. The zero-order valence-electron chi connectivity index (χ0n) is 13.4. The molecule has 2 aromatic rings. The van der Waals surface area contributed by atoms with Crippen molar-refractivity contribution in [3.63, 3.8) is 0 Å².